The molecular weight excluding hydrogens is 490 g/mol. The third kappa shape index (κ3) is 2.62. The first-order valence-corrected chi connectivity index (χ1v) is 10.3. The summed E-state index contributed by atoms with van der Waals surface area (Å²) in [7, 11) is 0. The number of thiophene rings is 2. The number of allylic oxidation sites excluding steroid dienone is 3. The predicted octanol–water partition coefficient (Wildman–Crippen LogP) is 6.68. The summed E-state index contributed by atoms with van der Waals surface area (Å²) in [6, 6.07) is 7.21. The summed E-state index contributed by atoms with van der Waals surface area (Å²) in [5.74, 6) is -1.67. The second kappa shape index (κ2) is 6.03. The fourth-order valence-corrected chi connectivity index (χ4v) is 6.02. The van der Waals surface area contributed by atoms with Gasteiger partial charge in [-0.05, 0) is 56.1 Å². The van der Waals surface area contributed by atoms with Gasteiger partial charge >= 0.3 is 0 Å². The first-order valence-electron chi connectivity index (χ1n) is 6.31. The molecule has 2 aliphatic heterocycles. The molecule has 0 saturated carbocycles. The summed E-state index contributed by atoms with van der Waals surface area (Å²) in [5, 5.41) is 0. The fraction of sp³-hybridized carbons (Fsp3) is 0. The van der Waals surface area contributed by atoms with Crippen molar-refractivity contribution in [1.82, 2.24) is 9.03 Å². The molecule has 2 aliphatic rings. The molecule has 9 heteroatoms. The topological polar surface area (TPSA) is 15.3 Å². The predicted molar refractivity (Wildman–Crippen MR) is 101 cm³/mol. The first-order chi connectivity index (χ1) is 11.1. The van der Waals surface area contributed by atoms with E-state index in [1.165, 1.54) is 34.8 Å². The number of rotatable bonds is 2. The van der Waals surface area contributed by atoms with Gasteiger partial charge in [-0.25, -0.2) is 8.78 Å². The number of nitrogens with zero attached hydrogens (tertiary/aromatic N) is 1. The zero-order valence-corrected chi connectivity index (χ0v) is 16.7. The second-order valence-corrected chi connectivity index (χ2v) is 10.3. The van der Waals surface area contributed by atoms with Crippen molar-refractivity contribution in [3.05, 3.63) is 65.1 Å². The van der Waals surface area contributed by atoms with Crippen molar-refractivity contribution in [3.8, 4) is 0 Å². The van der Waals surface area contributed by atoms with E-state index in [1.807, 2.05) is 12.1 Å². The summed E-state index contributed by atoms with van der Waals surface area (Å²) in [4.78, 5) is 1.34. The molecule has 118 valence electrons. The summed E-state index contributed by atoms with van der Waals surface area (Å²) >= 11 is 10.7. The monoisotopic (exact) mass is 494 g/mol. The fourth-order valence-electron chi connectivity index (χ4n) is 2.33. The average Bonchev–Trinajstić information content (AvgIpc) is 3.23. The molecule has 4 heterocycles. The van der Waals surface area contributed by atoms with Crippen molar-refractivity contribution < 1.29 is 8.78 Å². The maximum Gasteiger partial charge on any atom is 0.185 e. The van der Waals surface area contributed by atoms with Gasteiger partial charge < -0.3 is 4.72 Å². The SMILES string of the molecule is FC1=C(c2ccc(Br)s2)C2=CNSN2C(c2ccc(Br)s2)=C1F. The molecule has 2 aromatic rings. The third-order valence-corrected chi connectivity index (χ3v) is 7.32. The van der Waals surface area contributed by atoms with E-state index in [0.29, 0.717) is 15.5 Å². The molecule has 0 aromatic carbocycles. The van der Waals surface area contributed by atoms with Crippen LogP contribution in [0.15, 0.2) is 55.4 Å². The molecule has 0 radical (unpaired) electrons. The van der Waals surface area contributed by atoms with Crippen LogP contribution in [0.4, 0.5) is 8.78 Å². The van der Waals surface area contributed by atoms with Crippen LogP contribution in [0.3, 0.4) is 0 Å². The van der Waals surface area contributed by atoms with Gasteiger partial charge in [-0.15, -0.1) is 22.7 Å². The Kier molecular flexibility index (Phi) is 4.17. The summed E-state index contributed by atoms with van der Waals surface area (Å²) in [5.41, 5.74) is 1.12. The normalized spacial score (nSPS) is 17.6. The third-order valence-electron chi connectivity index (χ3n) is 3.26. The van der Waals surface area contributed by atoms with E-state index in [2.05, 4.69) is 36.6 Å². The molecule has 1 N–H and O–H groups in total. The van der Waals surface area contributed by atoms with Crippen molar-refractivity contribution >= 4 is 77.9 Å². The Hall–Kier alpha value is -0.610. The van der Waals surface area contributed by atoms with E-state index in [9.17, 15) is 8.78 Å². The lowest BCUT2D eigenvalue weighted by atomic mass is 10.0. The molecule has 0 amide bonds. The Morgan fingerprint density at radius 2 is 1.57 bits per heavy atom. The van der Waals surface area contributed by atoms with E-state index in [4.69, 9.17) is 0 Å². The Balaban J connectivity index is 1.94. The first kappa shape index (κ1) is 15.9. The van der Waals surface area contributed by atoms with Crippen LogP contribution in [0.25, 0.3) is 11.3 Å². The van der Waals surface area contributed by atoms with E-state index in [-0.39, 0.29) is 11.3 Å². The van der Waals surface area contributed by atoms with Gasteiger partial charge in [0.15, 0.2) is 11.7 Å². The molecule has 0 atom stereocenters. The summed E-state index contributed by atoms with van der Waals surface area (Å²) < 4.78 is 36.1. The molecule has 4 rings (SSSR count). The van der Waals surface area contributed by atoms with Crippen molar-refractivity contribution in [2.75, 3.05) is 0 Å². The lowest BCUT2D eigenvalue weighted by molar-refractivity contribution is 0.532. The quantitative estimate of drug-likeness (QED) is 0.468. The van der Waals surface area contributed by atoms with Crippen LogP contribution in [0.2, 0.25) is 0 Å². The molecule has 0 bridgehead atoms. The van der Waals surface area contributed by atoms with Crippen molar-refractivity contribution in [2.45, 2.75) is 0 Å². The average molecular weight is 496 g/mol. The number of nitrogens with one attached hydrogen (secondary N) is 1. The van der Waals surface area contributed by atoms with Crippen molar-refractivity contribution in [2.24, 2.45) is 0 Å². The molecule has 0 spiro atoms. The standard InChI is InChI=1S/C14H6Br2F2N2S3/c15-9-3-1-7(21-9)11-6-5-19-23-20(6)14(13(18)12(11)17)8-2-4-10(16)22-8/h1-5,19H. The summed E-state index contributed by atoms with van der Waals surface area (Å²) in [6.45, 7) is 0. The van der Waals surface area contributed by atoms with Crippen LogP contribution < -0.4 is 4.72 Å². The zero-order valence-electron chi connectivity index (χ0n) is 11.1. The highest BCUT2D eigenvalue weighted by atomic mass is 79.9. The molecule has 23 heavy (non-hydrogen) atoms. The van der Waals surface area contributed by atoms with E-state index in [0.717, 1.165) is 7.57 Å². The van der Waals surface area contributed by atoms with Crippen LogP contribution in [0, 0.1) is 0 Å². The van der Waals surface area contributed by atoms with E-state index < -0.39 is 11.7 Å². The van der Waals surface area contributed by atoms with Crippen LogP contribution in [0.5, 0.6) is 0 Å². The number of fused-ring (bicyclic) bond motifs is 1. The summed E-state index contributed by atoms with van der Waals surface area (Å²) in [6.07, 6.45) is 1.70. The van der Waals surface area contributed by atoms with Crippen LogP contribution in [0.1, 0.15) is 9.75 Å². The van der Waals surface area contributed by atoms with E-state index >= 15 is 0 Å². The van der Waals surface area contributed by atoms with Gasteiger partial charge in [0.1, 0.15) is 5.70 Å². The Bertz CT molecular complexity index is 897. The highest BCUT2D eigenvalue weighted by Gasteiger charge is 2.37. The van der Waals surface area contributed by atoms with Gasteiger partial charge in [0.05, 0.1) is 35.9 Å². The Labute approximate surface area is 160 Å². The number of hydrogen-bond donors (Lipinski definition) is 1. The molecule has 0 fully saturated rings. The maximum atomic E-state index is 14.8. The minimum absolute atomic E-state index is 0.235. The molecule has 2 nitrogen and oxygen atoms in total. The highest BCUT2D eigenvalue weighted by molar-refractivity contribution is 9.11. The largest absolute Gasteiger partial charge is 0.316 e. The second-order valence-electron chi connectivity index (χ2n) is 4.59. The van der Waals surface area contributed by atoms with Gasteiger partial charge in [0.25, 0.3) is 0 Å². The van der Waals surface area contributed by atoms with E-state index in [1.54, 1.807) is 22.6 Å². The minimum Gasteiger partial charge on any atom is -0.316 e. The maximum absolute atomic E-state index is 14.8. The zero-order chi connectivity index (χ0) is 16.1. The number of halogens is 4. The highest BCUT2D eigenvalue weighted by Crippen LogP contribution is 2.51. The van der Waals surface area contributed by atoms with Crippen molar-refractivity contribution in [3.63, 3.8) is 0 Å². The van der Waals surface area contributed by atoms with Gasteiger partial charge in [0, 0.05) is 11.1 Å². The molecule has 0 saturated heterocycles. The molecule has 0 aliphatic carbocycles. The van der Waals surface area contributed by atoms with Crippen molar-refractivity contribution in [1.29, 1.82) is 0 Å². The van der Waals surface area contributed by atoms with Gasteiger partial charge in [-0.2, -0.15) is 0 Å². The smallest absolute Gasteiger partial charge is 0.185 e. The van der Waals surface area contributed by atoms with Crippen LogP contribution >= 0.6 is 66.7 Å². The van der Waals surface area contributed by atoms with Crippen LogP contribution in [-0.2, 0) is 0 Å². The molecule has 2 aromatic heterocycles. The van der Waals surface area contributed by atoms with Gasteiger partial charge in [-0.3, -0.25) is 4.31 Å². The van der Waals surface area contributed by atoms with Gasteiger partial charge in [-0.1, -0.05) is 0 Å². The lowest BCUT2D eigenvalue weighted by Crippen LogP contribution is -2.17. The van der Waals surface area contributed by atoms with Gasteiger partial charge in [0.2, 0.25) is 0 Å². The minimum atomic E-state index is -0.841. The number of hydrogen-bond acceptors (Lipinski definition) is 5. The van der Waals surface area contributed by atoms with Crippen LogP contribution in [-0.4, -0.2) is 4.31 Å². The molecular formula is C14H6Br2F2N2S3. The lowest BCUT2D eigenvalue weighted by Gasteiger charge is -2.27. The molecule has 0 unspecified atom stereocenters. The Morgan fingerprint density at radius 1 is 0.913 bits per heavy atom. The Morgan fingerprint density at radius 3 is 2.17 bits per heavy atom.